The third kappa shape index (κ3) is 3.18. The summed E-state index contributed by atoms with van der Waals surface area (Å²) in [5.74, 6) is -0.960. The molecule has 1 aliphatic rings. The van der Waals surface area contributed by atoms with E-state index in [1.54, 1.807) is 6.20 Å². The number of hydrogen-bond donors (Lipinski definition) is 2. The van der Waals surface area contributed by atoms with Crippen molar-refractivity contribution in [3.63, 3.8) is 0 Å². The quantitative estimate of drug-likeness (QED) is 0.886. The van der Waals surface area contributed by atoms with Crippen molar-refractivity contribution in [3.05, 3.63) is 40.9 Å². The van der Waals surface area contributed by atoms with Crippen molar-refractivity contribution in [1.82, 2.24) is 4.98 Å². The lowest BCUT2D eigenvalue weighted by Gasteiger charge is -2.23. The van der Waals surface area contributed by atoms with Gasteiger partial charge in [-0.3, -0.25) is 5.32 Å². The van der Waals surface area contributed by atoms with Gasteiger partial charge in [0, 0.05) is 17.1 Å². The Morgan fingerprint density at radius 1 is 1.29 bits per heavy atom. The molecule has 2 N–H and O–H groups in total. The highest BCUT2D eigenvalue weighted by Crippen LogP contribution is 2.39. The van der Waals surface area contributed by atoms with Crippen molar-refractivity contribution >= 4 is 28.2 Å². The molecule has 1 fully saturated rings. The van der Waals surface area contributed by atoms with Gasteiger partial charge < -0.3 is 5.32 Å². The average molecular weight is 309 g/mol. The number of thiazole rings is 1. The molecule has 4 nitrogen and oxygen atoms in total. The zero-order valence-electron chi connectivity index (χ0n) is 11.0. The van der Waals surface area contributed by atoms with Gasteiger partial charge in [-0.1, -0.05) is 6.42 Å². The van der Waals surface area contributed by atoms with Gasteiger partial charge in [-0.05, 0) is 30.9 Å². The van der Waals surface area contributed by atoms with E-state index in [1.165, 1.54) is 23.8 Å². The Morgan fingerprint density at radius 2 is 2.10 bits per heavy atom. The minimum absolute atomic E-state index is 0.0790. The highest BCUT2D eigenvalue weighted by atomic mass is 32.1. The lowest BCUT2D eigenvalue weighted by atomic mass is 9.85. The maximum Gasteiger partial charge on any atom is 0.325 e. The van der Waals surface area contributed by atoms with Gasteiger partial charge in [-0.25, -0.2) is 18.6 Å². The van der Waals surface area contributed by atoms with E-state index in [0.717, 1.165) is 23.8 Å². The second-order valence-electron chi connectivity index (χ2n) is 4.90. The molecule has 0 atom stereocenters. The molecule has 0 radical (unpaired) electrons. The van der Waals surface area contributed by atoms with Gasteiger partial charge in [0.15, 0.2) is 5.13 Å². The number of anilines is 2. The van der Waals surface area contributed by atoms with Gasteiger partial charge in [-0.2, -0.15) is 0 Å². The largest absolute Gasteiger partial charge is 0.325 e. The Kier molecular flexibility index (Phi) is 3.83. The summed E-state index contributed by atoms with van der Waals surface area (Å²) in [5.41, 5.74) is -0.0790. The number of hydrogen-bond acceptors (Lipinski definition) is 3. The molecule has 1 saturated carbocycles. The fraction of sp³-hybridized carbons (Fsp3) is 0.286. The Labute approximate surface area is 124 Å². The molecule has 3 rings (SSSR count). The topological polar surface area (TPSA) is 54.0 Å². The van der Waals surface area contributed by atoms with E-state index in [0.29, 0.717) is 17.1 Å². The molecule has 1 aromatic carbocycles. The van der Waals surface area contributed by atoms with Crippen LogP contribution in [0.3, 0.4) is 0 Å². The third-order valence-corrected chi connectivity index (χ3v) is 4.51. The number of carbonyl (C=O) groups excluding carboxylic acids is 1. The number of nitrogens with one attached hydrogen (secondary N) is 2. The van der Waals surface area contributed by atoms with Gasteiger partial charge in [0.05, 0.1) is 5.69 Å². The highest BCUT2D eigenvalue weighted by Gasteiger charge is 2.22. The summed E-state index contributed by atoms with van der Waals surface area (Å²) in [7, 11) is 0. The zero-order chi connectivity index (χ0) is 14.8. The molecule has 1 aromatic heterocycles. The maximum atomic E-state index is 13.4. The number of amides is 2. The number of carbonyl (C=O) groups is 1. The van der Waals surface area contributed by atoms with E-state index < -0.39 is 17.7 Å². The first-order valence-electron chi connectivity index (χ1n) is 6.60. The van der Waals surface area contributed by atoms with Gasteiger partial charge in [-0.15, -0.1) is 11.3 Å². The fourth-order valence-corrected chi connectivity index (χ4v) is 3.05. The average Bonchev–Trinajstić information content (AvgIpc) is 2.78. The molecule has 7 heteroatoms. The van der Waals surface area contributed by atoms with Crippen LogP contribution in [0, 0.1) is 11.6 Å². The molecule has 0 saturated heterocycles. The lowest BCUT2D eigenvalue weighted by molar-refractivity contribution is 0.262. The minimum Gasteiger partial charge on any atom is -0.305 e. The molecular formula is C14H13F2N3OS. The Hall–Kier alpha value is -2.02. The molecule has 0 bridgehead atoms. The van der Waals surface area contributed by atoms with Crippen LogP contribution >= 0.6 is 11.3 Å². The molecule has 0 spiro atoms. The first-order valence-corrected chi connectivity index (χ1v) is 7.42. The molecule has 2 aromatic rings. The predicted molar refractivity (Wildman–Crippen MR) is 77.7 cm³/mol. The molecular weight excluding hydrogens is 296 g/mol. The van der Waals surface area contributed by atoms with Gasteiger partial charge in [0.25, 0.3) is 0 Å². The second kappa shape index (κ2) is 5.77. The second-order valence-corrected chi connectivity index (χ2v) is 5.96. The minimum atomic E-state index is -0.820. The third-order valence-electron chi connectivity index (χ3n) is 3.43. The SMILES string of the molecule is O=C(Nc1ncc(C2CCC2)s1)Nc1ccc(F)cc1F. The Morgan fingerprint density at radius 3 is 2.76 bits per heavy atom. The molecule has 2 amide bonds. The number of aromatic nitrogens is 1. The Bertz CT molecular complexity index is 670. The molecule has 0 aliphatic heterocycles. The summed E-state index contributed by atoms with van der Waals surface area (Å²) in [4.78, 5) is 17.1. The number of halogens is 2. The highest BCUT2D eigenvalue weighted by molar-refractivity contribution is 7.15. The van der Waals surface area contributed by atoms with E-state index in [-0.39, 0.29) is 5.69 Å². The van der Waals surface area contributed by atoms with Crippen molar-refractivity contribution < 1.29 is 13.6 Å². The first-order chi connectivity index (χ1) is 10.1. The summed E-state index contributed by atoms with van der Waals surface area (Å²) >= 11 is 1.43. The van der Waals surface area contributed by atoms with Crippen LogP contribution in [0.1, 0.15) is 30.1 Å². The Balaban J connectivity index is 1.62. The zero-order valence-corrected chi connectivity index (χ0v) is 11.8. The van der Waals surface area contributed by atoms with Crippen LogP contribution in [0.15, 0.2) is 24.4 Å². The van der Waals surface area contributed by atoms with Crippen LogP contribution in [-0.4, -0.2) is 11.0 Å². The lowest BCUT2D eigenvalue weighted by Crippen LogP contribution is -2.20. The van der Waals surface area contributed by atoms with Crippen molar-refractivity contribution in [2.45, 2.75) is 25.2 Å². The predicted octanol–water partition coefficient (Wildman–Crippen LogP) is 4.33. The fourth-order valence-electron chi connectivity index (χ4n) is 2.07. The summed E-state index contributed by atoms with van der Waals surface area (Å²) in [6.07, 6.45) is 5.32. The van der Waals surface area contributed by atoms with E-state index in [4.69, 9.17) is 0 Å². The van der Waals surface area contributed by atoms with Gasteiger partial charge in [0.1, 0.15) is 11.6 Å². The number of benzene rings is 1. The summed E-state index contributed by atoms with van der Waals surface area (Å²) in [6.45, 7) is 0. The molecule has 21 heavy (non-hydrogen) atoms. The first kappa shape index (κ1) is 13.9. The van der Waals surface area contributed by atoms with E-state index in [9.17, 15) is 13.6 Å². The standard InChI is InChI=1S/C14H13F2N3OS/c15-9-4-5-11(10(16)6-9)18-13(20)19-14-17-7-12(21-14)8-2-1-3-8/h4-8H,1-3H2,(H2,17,18,19,20). The van der Waals surface area contributed by atoms with E-state index in [1.807, 2.05) is 0 Å². The van der Waals surface area contributed by atoms with Crippen molar-refractivity contribution in [2.75, 3.05) is 10.6 Å². The normalized spacial score (nSPS) is 14.6. The summed E-state index contributed by atoms with van der Waals surface area (Å²) in [6, 6.07) is 2.37. The molecule has 110 valence electrons. The summed E-state index contributed by atoms with van der Waals surface area (Å²) in [5, 5.41) is 5.35. The summed E-state index contributed by atoms with van der Waals surface area (Å²) < 4.78 is 26.2. The van der Waals surface area contributed by atoms with Crippen molar-refractivity contribution in [2.24, 2.45) is 0 Å². The van der Waals surface area contributed by atoms with Crippen LogP contribution in [0.2, 0.25) is 0 Å². The van der Waals surface area contributed by atoms with Crippen LogP contribution in [0.25, 0.3) is 0 Å². The van der Waals surface area contributed by atoms with Gasteiger partial charge >= 0.3 is 6.03 Å². The van der Waals surface area contributed by atoms with Crippen LogP contribution in [-0.2, 0) is 0 Å². The smallest absolute Gasteiger partial charge is 0.305 e. The van der Waals surface area contributed by atoms with Crippen LogP contribution in [0.4, 0.5) is 24.4 Å². The number of nitrogens with zero attached hydrogens (tertiary/aromatic N) is 1. The monoisotopic (exact) mass is 309 g/mol. The van der Waals surface area contributed by atoms with Crippen LogP contribution in [0.5, 0.6) is 0 Å². The molecule has 1 aliphatic carbocycles. The van der Waals surface area contributed by atoms with Crippen LogP contribution < -0.4 is 10.6 Å². The van der Waals surface area contributed by atoms with Crippen molar-refractivity contribution in [1.29, 1.82) is 0 Å². The van der Waals surface area contributed by atoms with Gasteiger partial charge in [0.2, 0.25) is 0 Å². The van der Waals surface area contributed by atoms with E-state index in [2.05, 4.69) is 15.6 Å². The molecule has 0 unspecified atom stereocenters. The maximum absolute atomic E-state index is 13.4. The number of urea groups is 1. The van der Waals surface area contributed by atoms with Crippen molar-refractivity contribution in [3.8, 4) is 0 Å². The van der Waals surface area contributed by atoms with E-state index >= 15 is 0 Å². The molecule has 1 heterocycles. The number of rotatable bonds is 3.